The molecule has 0 saturated heterocycles. The van der Waals surface area contributed by atoms with Crippen molar-refractivity contribution in [2.75, 3.05) is 13.2 Å². The van der Waals surface area contributed by atoms with Gasteiger partial charge in [0.1, 0.15) is 11.5 Å². The molecule has 0 saturated carbocycles. The van der Waals surface area contributed by atoms with E-state index in [2.05, 4.69) is 10.5 Å². The summed E-state index contributed by atoms with van der Waals surface area (Å²) in [6.07, 6.45) is 1.42. The van der Waals surface area contributed by atoms with Crippen molar-refractivity contribution < 1.29 is 18.7 Å². The highest BCUT2D eigenvalue weighted by atomic mass is 35.5. The van der Waals surface area contributed by atoms with Crippen LogP contribution in [0.4, 0.5) is 0 Å². The fourth-order valence-electron chi connectivity index (χ4n) is 2.51. The number of aryl methyl sites for hydroxylation is 1. The van der Waals surface area contributed by atoms with Crippen molar-refractivity contribution >= 4 is 23.7 Å². The molecule has 7 heteroatoms. The Labute approximate surface area is 174 Å². The number of rotatable bonds is 8. The first-order chi connectivity index (χ1) is 14.1. The Morgan fingerprint density at radius 2 is 1.90 bits per heavy atom. The van der Waals surface area contributed by atoms with Crippen LogP contribution in [-0.4, -0.2) is 25.3 Å². The minimum Gasteiger partial charge on any atom is -0.490 e. The first-order valence-corrected chi connectivity index (χ1v) is 9.47. The second kappa shape index (κ2) is 9.80. The Morgan fingerprint density at radius 1 is 1.14 bits per heavy atom. The summed E-state index contributed by atoms with van der Waals surface area (Å²) in [5.41, 5.74) is 4.27. The molecule has 3 rings (SSSR count). The molecule has 1 heterocycles. The van der Waals surface area contributed by atoms with Gasteiger partial charge in [0.2, 0.25) is 0 Å². The van der Waals surface area contributed by atoms with Crippen LogP contribution in [0.5, 0.6) is 11.5 Å². The van der Waals surface area contributed by atoms with Gasteiger partial charge < -0.3 is 13.9 Å². The van der Waals surface area contributed by atoms with Gasteiger partial charge in [-0.15, -0.1) is 0 Å². The van der Waals surface area contributed by atoms with Gasteiger partial charge >= 0.3 is 0 Å². The molecule has 0 aliphatic carbocycles. The van der Waals surface area contributed by atoms with Crippen molar-refractivity contribution in [1.29, 1.82) is 0 Å². The number of para-hydroxylation sites is 2. The third-order valence-electron chi connectivity index (χ3n) is 3.97. The highest BCUT2D eigenvalue weighted by Crippen LogP contribution is 2.27. The summed E-state index contributed by atoms with van der Waals surface area (Å²) in [6.45, 7) is 4.14. The Morgan fingerprint density at radius 3 is 2.62 bits per heavy atom. The number of amides is 1. The molecular formula is C22H21ClN2O4. The molecule has 6 nitrogen and oxygen atoms in total. The third kappa shape index (κ3) is 5.62. The second-order valence-electron chi connectivity index (χ2n) is 6.13. The van der Waals surface area contributed by atoms with E-state index >= 15 is 0 Å². The number of nitrogens with zero attached hydrogens (tertiary/aromatic N) is 1. The molecule has 0 unspecified atom stereocenters. The average Bonchev–Trinajstić information content (AvgIpc) is 3.18. The monoisotopic (exact) mass is 412 g/mol. The van der Waals surface area contributed by atoms with Crippen LogP contribution in [0.25, 0.3) is 11.3 Å². The summed E-state index contributed by atoms with van der Waals surface area (Å²) in [6, 6.07) is 16.4. The molecule has 1 aromatic heterocycles. The van der Waals surface area contributed by atoms with Crippen molar-refractivity contribution in [3.8, 4) is 22.8 Å². The maximum Gasteiger partial charge on any atom is 0.277 e. The van der Waals surface area contributed by atoms with E-state index in [0.717, 1.165) is 11.1 Å². The van der Waals surface area contributed by atoms with E-state index in [1.165, 1.54) is 6.21 Å². The number of nitrogens with one attached hydrogen (secondary N) is 1. The Hall–Kier alpha value is -3.25. The van der Waals surface area contributed by atoms with Crippen LogP contribution in [0.1, 0.15) is 18.2 Å². The van der Waals surface area contributed by atoms with Gasteiger partial charge in [0.15, 0.2) is 18.1 Å². The fraction of sp³-hybridized carbons (Fsp3) is 0.182. The molecule has 0 atom stereocenters. The van der Waals surface area contributed by atoms with Crippen LogP contribution in [0.15, 0.2) is 64.1 Å². The van der Waals surface area contributed by atoms with Gasteiger partial charge in [0, 0.05) is 10.6 Å². The maximum atomic E-state index is 11.9. The molecule has 0 fully saturated rings. The normalized spacial score (nSPS) is 10.9. The molecule has 1 N–H and O–H groups in total. The maximum absolute atomic E-state index is 11.9. The Kier molecular flexibility index (Phi) is 6.92. The zero-order valence-electron chi connectivity index (χ0n) is 16.1. The van der Waals surface area contributed by atoms with E-state index in [1.807, 2.05) is 50.2 Å². The summed E-state index contributed by atoms with van der Waals surface area (Å²) in [4.78, 5) is 11.9. The van der Waals surface area contributed by atoms with Crippen molar-refractivity contribution in [1.82, 2.24) is 5.43 Å². The lowest BCUT2D eigenvalue weighted by molar-refractivity contribution is -0.123. The van der Waals surface area contributed by atoms with E-state index in [9.17, 15) is 4.79 Å². The van der Waals surface area contributed by atoms with Gasteiger partial charge in [-0.05, 0) is 49.7 Å². The van der Waals surface area contributed by atoms with Crippen molar-refractivity contribution in [2.24, 2.45) is 5.10 Å². The first-order valence-electron chi connectivity index (χ1n) is 9.09. The number of halogens is 1. The summed E-state index contributed by atoms with van der Waals surface area (Å²) < 4.78 is 16.7. The quantitative estimate of drug-likeness (QED) is 0.424. The first kappa shape index (κ1) is 20.5. The molecule has 150 valence electrons. The lowest BCUT2D eigenvalue weighted by Gasteiger charge is -2.10. The lowest BCUT2D eigenvalue weighted by Crippen LogP contribution is -2.24. The molecule has 3 aromatic rings. The van der Waals surface area contributed by atoms with Crippen LogP contribution >= 0.6 is 11.6 Å². The second-order valence-corrected chi connectivity index (χ2v) is 6.53. The standard InChI is InChI=1S/C22H21ClN2O4/c1-3-27-20-6-4-5-7-21(20)28-14-22(26)25-24-13-17-10-11-19(29-17)16-9-8-15(2)18(23)12-16/h4-13H,3,14H2,1-2H3,(H,25,26)/b24-13-. The number of hydrogen-bond donors (Lipinski definition) is 1. The molecule has 1 amide bonds. The third-order valence-corrected chi connectivity index (χ3v) is 4.38. The molecule has 0 aliphatic heterocycles. The number of carbonyl (C=O) groups excluding carboxylic acids is 1. The van der Waals surface area contributed by atoms with Crippen LogP contribution in [-0.2, 0) is 4.79 Å². The SMILES string of the molecule is CCOc1ccccc1OCC(=O)N/N=C\c1ccc(-c2ccc(C)c(Cl)c2)o1. The highest BCUT2D eigenvalue weighted by molar-refractivity contribution is 6.31. The van der Waals surface area contributed by atoms with Gasteiger partial charge in [0.05, 0.1) is 12.8 Å². The molecule has 0 spiro atoms. The van der Waals surface area contributed by atoms with Gasteiger partial charge in [-0.25, -0.2) is 5.43 Å². The van der Waals surface area contributed by atoms with E-state index < -0.39 is 5.91 Å². The minimum atomic E-state index is -0.398. The zero-order valence-corrected chi connectivity index (χ0v) is 16.9. The molecule has 0 aliphatic rings. The molecule has 0 bridgehead atoms. The zero-order chi connectivity index (χ0) is 20.6. The number of furan rings is 1. The molecule has 0 radical (unpaired) electrons. The van der Waals surface area contributed by atoms with Crippen molar-refractivity contribution in [3.05, 3.63) is 70.9 Å². The van der Waals surface area contributed by atoms with Crippen LogP contribution in [0.2, 0.25) is 5.02 Å². The lowest BCUT2D eigenvalue weighted by atomic mass is 10.1. The van der Waals surface area contributed by atoms with Gasteiger partial charge in [-0.1, -0.05) is 35.9 Å². The summed E-state index contributed by atoms with van der Waals surface area (Å²) in [5, 5.41) is 4.57. The van der Waals surface area contributed by atoms with Crippen LogP contribution in [0, 0.1) is 6.92 Å². The molecule has 2 aromatic carbocycles. The highest BCUT2D eigenvalue weighted by Gasteiger charge is 2.08. The number of hydrogen-bond acceptors (Lipinski definition) is 5. The fourth-order valence-corrected chi connectivity index (χ4v) is 2.69. The van der Waals surface area contributed by atoms with E-state index in [4.69, 9.17) is 25.5 Å². The minimum absolute atomic E-state index is 0.188. The van der Waals surface area contributed by atoms with Crippen LogP contribution < -0.4 is 14.9 Å². The average molecular weight is 413 g/mol. The molecular weight excluding hydrogens is 392 g/mol. The predicted molar refractivity (Wildman–Crippen MR) is 113 cm³/mol. The summed E-state index contributed by atoms with van der Waals surface area (Å²) >= 11 is 6.16. The summed E-state index contributed by atoms with van der Waals surface area (Å²) in [7, 11) is 0. The van der Waals surface area contributed by atoms with E-state index in [1.54, 1.807) is 18.2 Å². The van der Waals surface area contributed by atoms with E-state index in [0.29, 0.717) is 34.6 Å². The van der Waals surface area contributed by atoms with Gasteiger partial charge in [-0.3, -0.25) is 4.79 Å². The number of hydrazone groups is 1. The Balaban J connectivity index is 1.53. The number of ether oxygens (including phenoxy) is 2. The van der Waals surface area contributed by atoms with Crippen molar-refractivity contribution in [2.45, 2.75) is 13.8 Å². The topological polar surface area (TPSA) is 73.1 Å². The smallest absolute Gasteiger partial charge is 0.277 e. The Bertz CT molecular complexity index is 1010. The number of carbonyl (C=O) groups is 1. The summed E-state index contributed by atoms with van der Waals surface area (Å²) in [5.74, 6) is 1.85. The van der Waals surface area contributed by atoms with Gasteiger partial charge in [0.25, 0.3) is 5.91 Å². The molecule has 29 heavy (non-hydrogen) atoms. The van der Waals surface area contributed by atoms with Gasteiger partial charge in [-0.2, -0.15) is 5.10 Å². The van der Waals surface area contributed by atoms with Crippen LogP contribution in [0.3, 0.4) is 0 Å². The van der Waals surface area contributed by atoms with Crippen molar-refractivity contribution in [3.63, 3.8) is 0 Å². The van der Waals surface area contributed by atoms with E-state index in [-0.39, 0.29) is 6.61 Å². The largest absolute Gasteiger partial charge is 0.490 e. The predicted octanol–water partition coefficient (Wildman–Crippen LogP) is 4.84. The number of benzene rings is 2.